The second-order valence-corrected chi connectivity index (χ2v) is 4.26. The van der Waals surface area contributed by atoms with Gasteiger partial charge in [-0.2, -0.15) is 0 Å². The number of piperazine rings is 1. The first-order valence-corrected chi connectivity index (χ1v) is 5.82. The highest BCUT2D eigenvalue weighted by Gasteiger charge is 2.25. The quantitative estimate of drug-likeness (QED) is 0.776. The number of nitrogens with one attached hydrogen (secondary N) is 1. The summed E-state index contributed by atoms with van der Waals surface area (Å²) < 4.78 is 0. The van der Waals surface area contributed by atoms with Crippen molar-refractivity contribution in [1.82, 2.24) is 15.2 Å². The lowest BCUT2D eigenvalue weighted by molar-refractivity contribution is 0.0523. The highest BCUT2D eigenvalue weighted by Crippen LogP contribution is 2.23. The maximum atomic E-state index is 9.93. The molecule has 0 bridgehead atoms. The molecular formula is C12H19N3O. The van der Waals surface area contributed by atoms with Crippen molar-refractivity contribution in [3.63, 3.8) is 0 Å². The van der Waals surface area contributed by atoms with E-state index < -0.39 is 0 Å². The lowest BCUT2D eigenvalue weighted by Crippen LogP contribution is -2.47. The molecule has 2 unspecified atom stereocenters. The van der Waals surface area contributed by atoms with E-state index in [1.165, 1.54) is 0 Å². The van der Waals surface area contributed by atoms with Crippen LogP contribution in [0, 0.1) is 0 Å². The molecule has 1 fully saturated rings. The number of pyridine rings is 1. The van der Waals surface area contributed by atoms with Gasteiger partial charge in [0, 0.05) is 38.6 Å². The van der Waals surface area contributed by atoms with Crippen molar-refractivity contribution >= 4 is 0 Å². The largest absolute Gasteiger partial charge is 0.391 e. The van der Waals surface area contributed by atoms with Crippen LogP contribution in [0.2, 0.25) is 0 Å². The number of aliphatic hydroxyl groups excluding tert-OH is 1. The lowest BCUT2D eigenvalue weighted by Gasteiger charge is -2.36. The molecule has 2 N–H and O–H groups in total. The Bertz CT molecular complexity index is 309. The Morgan fingerprint density at radius 3 is 2.75 bits per heavy atom. The number of hydrogen-bond donors (Lipinski definition) is 2. The van der Waals surface area contributed by atoms with Crippen molar-refractivity contribution < 1.29 is 5.11 Å². The normalized spacial score (nSPS) is 21.6. The molecule has 1 aliphatic heterocycles. The Labute approximate surface area is 96.3 Å². The standard InChI is InChI=1S/C12H19N3O/c1-10(16)12(11-3-2-4-14-9-11)15-7-5-13-6-8-15/h2-4,9-10,12-13,16H,5-8H2,1H3. The average Bonchev–Trinajstić information content (AvgIpc) is 2.31. The van der Waals surface area contributed by atoms with E-state index in [4.69, 9.17) is 0 Å². The minimum absolute atomic E-state index is 0.0656. The van der Waals surface area contributed by atoms with E-state index in [1.807, 2.05) is 25.3 Å². The zero-order valence-corrected chi connectivity index (χ0v) is 9.63. The second kappa shape index (κ2) is 5.39. The van der Waals surface area contributed by atoms with E-state index in [2.05, 4.69) is 15.2 Å². The van der Waals surface area contributed by atoms with E-state index in [9.17, 15) is 5.11 Å². The molecule has 4 heteroatoms. The maximum absolute atomic E-state index is 9.93. The van der Waals surface area contributed by atoms with Gasteiger partial charge in [-0.3, -0.25) is 9.88 Å². The molecule has 1 aliphatic rings. The molecule has 2 rings (SSSR count). The van der Waals surface area contributed by atoms with Gasteiger partial charge in [-0.25, -0.2) is 0 Å². The summed E-state index contributed by atoms with van der Waals surface area (Å²) >= 11 is 0. The fourth-order valence-electron chi connectivity index (χ4n) is 2.31. The molecule has 0 radical (unpaired) electrons. The minimum Gasteiger partial charge on any atom is -0.391 e. The molecule has 16 heavy (non-hydrogen) atoms. The van der Waals surface area contributed by atoms with Crippen LogP contribution in [0.3, 0.4) is 0 Å². The number of aliphatic hydroxyl groups is 1. The van der Waals surface area contributed by atoms with Gasteiger partial charge in [-0.15, -0.1) is 0 Å². The first kappa shape index (κ1) is 11.5. The number of aromatic nitrogens is 1. The van der Waals surface area contributed by atoms with Gasteiger partial charge in [0.1, 0.15) is 0 Å². The van der Waals surface area contributed by atoms with Gasteiger partial charge in [0.25, 0.3) is 0 Å². The zero-order valence-electron chi connectivity index (χ0n) is 9.63. The first-order valence-electron chi connectivity index (χ1n) is 5.82. The van der Waals surface area contributed by atoms with E-state index in [-0.39, 0.29) is 12.1 Å². The predicted octanol–water partition coefficient (Wildman–Crippen LogP) is 0.409. The van der Waals surface area contributed by atoms with Gasteiger partial charge in [0.05, 0.1) is 12.1 Å². The summed E-state index contributed by atoms with van der Waals surface area (Å²) in [5, 5.41) is 13.2. The average molecular weight is 221 g/mol. The van der Waals surface area contributed by atoms with E-state index in [1.54, 1.807) is 6.20 Å². The molecule has 0 aromatic carbocycles. The van der Waals surface area contributed by atoms with Crippen molar-refractivity contribution in [3.8, 4) is 0 Å². The molecule has 0 saturated carbocycles. The van der Waals surface area contributed by atoms with Gasteiger partial charge in [0.15, 0.2) is 0 Å². The summed E-state index contributed by atoms with van der Waals surface area (Å²) in [6, 6.07) is 4.02. The first-order chi connectivity index (χ1) is 7.79. The molecule has 4 nitrogen and oxygen atoms in total. The van der Waals surface area contributed by atoms with Gasteiger partial charge in [0.2, 0.25) is 0 Å². The van der Waals surface area contributed by atoms with E-state index in [0.717, 1.165) is 31.7 Å². The summed E-state index contributed by atoms with van der Waals surface area (Å²) in [7, 11) is 0. The Hall–Kier alpha value is -0.970. The topological polar surface area (TPSA) is 48.4 Å². The number of rotatable bonds is 3. The van der Waals surface area contributed by atoms with Crippen molar-refractivity contribution in [2.75, 3.05) is 26.2 Å². The van der Waals surface area contributed by atoms with E-state index in [0.29, 0.717) is 0 Å². The van der Waals surface area contributed by atoms with Gasteiger partial charge in [-0.1, -0.05) is 6.07 Å². The maximum Gasteiger partial charge on any atom is 0.0709 e. The van der Waals surface area contributed by atoms with E-state index >= 15 is 0 Å². The van der Waals surface area contributed by atoms with Gasteiger partial charge in [-0.05, 0) is 18.6 Å². The Morgan fingerprint density at radius 1 is 1.44 bits per heavy atom. The molecule has 0 amide bonds. The summed E-state index contributed by atoms with van der Waals surface area (Å²) in [5.41, 5.74) is 1.10. The molecule has 2 heterocycles. The van der Waals surface area contributed by atoms with Crippen LogP contribution in [-0.4, -0.2) is 47.3 Å². The highest BCUT2D eigenvalue weighted by atomic mass is 16.3. The zero-order chi connectivity index (χ0) is 11.4. The SMILES string of the molecule is CC(O)C(c1cccnc1)N1CCNCC1. The van der Waals surface area contributed by atoms with Crippen molar-refractivity contribution in [2.24, 2.45) is 0 Å². The monoisotopic (exact) mass is 221 g/mol. The Balaban J connectivity index is 2.16. The lowest BCUT2D eigenvalue weighted by atomic mass is 10.0. The van der Waals surface area contributed by atoms with Crippen LogP contribution in [0.25, 0.3) is 0 Å². The molecule has 0 spiro atoms. The molecule has 2 atom stereocenters. The highest BCUT2D eigenvalue weighted by molar-refractivity contribution is 5.15. The predicted molar refractivity (Wildman–Crippen MR) is 63.1 cm³/mol. The third kappa shape index (κ3) is 2.58. The Kier molecular flexibility index (Phi) is 3.88. The summed E-state index contributed by atoms with van der Waals surface area (Å²) in [5.74, 6) is 0. The fourth-order valence-corrected chi connectivity index (χ4v) is 2.31. The molecule has 1 aromatic heterocycles. The van der Waals surface area contributed by atoms with Crippen LogP contribution < -0.4 is 5.32 Å². The van der Waals surface area contributed by atoms with Crippen LogP contribution in [0.15, 0.2) is 24.5 Å². The smallest absolute Gasteiger partial charge is 0.0709 e. The molecule has 1 aromatic rings. The van der Waals surface area contributed by atoms with Crippen LogP contribution >= 0.6 is 0 Å². The van der Waals surface area contributed by atoms with Crippen molar-refractivity contribution in [3.05, 3.63) is 30.1 Å². The third-order valence-electron chi connectivity index (χ3n) is 3.03. The molecular weight excluding hydrogens is 202 g/mol. The fraction of sp³-hybridized carbons (Fsp3) is 0.583. The second-order valence-electron chi connectivity index (χ2n) is 4.26. The van der Waals surface area contributed by atoms with Gasteiger partial charge < -0.3 is 10.4 Å². The Morgan fingerprint density at radius 2 is 2.19 bits per heavy atom. The molecule has 1 saturated heterocycles. The van der Waals surface area contributed by atoms with Crippen molar-refractivity contribution in [2.45, 2.75) is 19.1 Å². The molecule has 88 valence electrons. The molecule has 0 aliphatic carbocycles. The minimum atomic E-state index is -0.373. The van der Waals surface area contributed by atoms with Gasteiger partial charge >= 0.3 is 0 Å². The number of hydrogen-bond acceptors (Lipinski definition) is 4. The van der Waals surface area contributed by atoms with Crippen LogP contribution in [0.5, 0.6) is 0 Å². The van der Waals surface area contributed by atoms with Crippen LogP contribution in [-0.2, 0) is 0 Å². The summed E-state index contributed by atoms with van der Waals surface area (Å²) in [6.45, 7) is 5.78. The third-order valence-corrected chi connectivity index (χ3v) is 3.03. The number of nitrogens with zero attached hydrogens (tertiary/aromatic N) is 2. The van der Waals surface area contributed by atoms with Crippen LogP contribution in [0.4, 0.5) is 0 Å². The summed E-state index contributed by atoms with van der Waals surface area (Å²) in [4.78, 5) is 6.45. The summed E-state index contributed by atoms with van der Waals surface area (Å²) in [6.07, 6.45) is 3.24. The van der Waals surface area contributed by atoms with Crippen LogP contribution in [0.1, 0.15) is 18.5 Å². The van der Waals surface area contributed by atoms with Crippen molar-refractivity contribution in [1.29, 1.82) is 0 Å².